The zero-order valence-electron chi connectivity index (χ0n) is 22.4. The molecule has 1 aliphatic rings. The Morgan fingerprint density at radius 1 is 1.08 bits per heavy atom. The Morgan fingerprint density at radius 2 is 1.87 bits per heavy atom. The van der Waals surface area contributed by atoms with E-state index in [-0.39, 0.29) is 24.0 Å². The summed E-state index contributed by atoms with van der Waals surface area (Å²) >= 11 is 0. The van der Waals surface area contributed by atoms with Crippen LogP contribution in [0.5, 0.6) is 0 Å². The minimum absolute atomic E-state index is 0.00248. The number of nitrogens with zero attached hydrogens (tertiary/aromatic N) is 2. The smallest absolute Gasteiger partial charge is 0.214 e. The molecule has 0 aliphatic carbocycles. The maximum Gasteiger partial charge on any atom is 0.214 e. The number of hydrogen-bond donors (Lipinski definition) is 1. The van der Waals surface area contributed by atoms with E-state index in [4.69, 9.17) is 14.1 Å². The Labute approximate surface area is 223 Å². The number of fused-ring (bicyclic) bond motifs is 6. The summed E-state index contributed by atoms with van der Waals surface area (Å²) in [6.07, 6.45) is 3.77. The Bertz CT molecular complexity index is 1690. The van der Waals surface area contributed by atoms with Crippen LogP contribution in [0.4, 0.5) is 0 Å². The van der Waals surface area contributed by atoms with Crippen molar-refractivity contribution in [2.75, 3.05) is 20.3 Å². The molecule has 5 aromatic rings. The number of furan rings is 1. The monoisotopic (exact) mass is 505 g/mol. The SMILES string of the molecule is C=C(CO)C1C(COC)c2c(cc(C(C)(C)C)c3ccccc23)-c2cc(-c3ccc4occc4n3)cc[n+]21. The highest BCUT2D eigenvalue weighted by Gasteiger charge is 2.43. The molecule has 4 heterocycles. The molecule has 0 bridgehead atoms. The average molecular weight is 506 g/mol. The van der Waals surface area contributed by atoms with E-state index < -0.39 is 0 Å². The van der Waals surface area contributed by atoms with Gasteiger partial charge in [0.2, 0.25) is 5.69 Å². The van der Waals surface area contributed by atoms with Gasteiger partial charge in [0.1, 0.15) is 5.52 Å². The number of aliphatic hydroxyl groups excluding tert-OH is 1. The largest absolute Gasteiger partial charge is 0.463 e. The summed E-state index contributed by atoms with van der Waals surface area (Å²) < 4.78 is 13.6. The number of pyridine rings is 2. The van der Waals surface area contributed by atoms with E-state index in [0.717, 1.165) is 33.6 Å². The molecule has 0 saturated carbocycles. The van der Waals surface area contributed by atoms with Crippen molar-refractivity contribution in [1.29, 1.82) is 0 Å². The summed E-state index contributed by atoms with van der Waals surface area (Å²) in [4.78, 5) is 4.85. The predicted octanol–water partition coefficient (Wildman–Crippen LogP) is 6.73. The Hall–Kier alpha value is -3.80. The first kappa shape index (κ1) is 24.5. The molecule has 0 radical (unpaired) electrons. The second kappa shape index (κ2) is 9.19. The van der Waals surface area contributed by atoms with Crippen molar-refractivity contribution in [3.63, 3.8) is 0 Å². The first-order valence-electron chi connectivity index (χ1n) is 13.1. The zero-order chi connectivity index (χ0) is 26.6. The van der Waals surface area contributed by atoms with E-state index in [1.807, 2.05) is 18.2 Å². The third-order valence-electron chi connectivity index (χ3n) is 7.78. The second-order valence-electron chi connectivity index (χ2n) is 11.2. The zero-order valence-corrected chi connectivity index (χ0v) is 22.4. The fourth-order valence-electron chi connectivity index (χ4n) is 6.05. The van der Waals surface area contributed by atoms with Crippen molar-refractivity contribution in [3.05, 3.63) is 96.4 Å². The minimum atomic E-state index is -0.148. The quantitative estimate of drug-likeness (QED) is 0.212. The second-order valence-corrected chi connectivity index (χ2v) is 11.2. The fourth-order valence-corrected chi connectivity index (χ4v) is 6.05. The number of rotatable bonds is 5. The van der Waals surface area contributed by atoms with Crippen molar-refractivity contribution < 1.29 is 18.8 Å². The number of aromatic nitrogens is 2. The van der Waals surface area contributed by atoms with Gasteiger partial charge < -0.3 is 14.3 Å². The Kier molecular flexibility index (Phi) is 5.93. The molecule has 2 aromatic carbocycles. The number of ether oxygens (including phenoxy) is 1. The van der Waals surface area contributed by atoms with Crippen LogP contribution in [0.2, 0.25) is 0 Å². The standard InChI is InChI=1S/C33H33N2O3/c1-20(18-36)32-25(19-37-5)31-23-9-7-6-8-22(23)26(33(2,3)4)17-24(31)29-16-21(12-14-35(29)32)27-10-11-30-28(34-27)13-15-38-30/h6-17,25,32,36H,1,18-19H2,2-5H3/q+1. The van der Waals surface area contributed by atoms with Crippen molar-refractivity contribution in [3.8, 4) is 22.5 Å². The molecule has 0 fully saturated rings. The molecule has 1 aliphatic heterocycles. The van der Waals surface area contributed by atoms with Crippen molar-refractivity contribution in [1.82, 2.24) is 4.98 Å². The summed E-state index contributed by atoms with van der Waals surface area (Å²) in [6, 6.07) is 21.0. The van der Waals surface area contributed by atoms with Gasteiger partial charge in [-0.2, -0.15) is 4.57 Å². The summed E-state index contributed by atoms with van der Waals surface area (Å²) in [6.45, 7) is 11.5. The van der Waals surface area contributed by atoms with Crippen molar-refractivity contribution in [2.24, 2.45) is 0 Å². The van der Waals surface area contributed by atoms with E-state index >= 15 is 0 Å². The minimum Gasteiger partial charge on any atom is -0.463 e. The van der Waals surface area contributed by atoms with Crippen LogP contribution < -0.4 is 4.57 Å². The molecule has 5 heteroatoms. The Balaban J connectivity index is 1.68. The van der Waals surface area contributed by atoms with Gasteiger partial charge in [-0.25, -0.2) is 4.98 Å². The van der Waals surface area contributed by atoms with Gasteiger partial charge in [0.15, 0.2) is 17.8 Å². The summed E-state index contributed by atoms with van der Waals surface area (Å²) in [5.41, 5.74) is 9.04. The van der Waals surface area contributed by atoms with Crippen LogP contribution in [-0.2, 0) is 10.2 Å². The van der Waals surface area contributed by atoms with Crippen molar-refractivity contribution >= 4 is 21.9 Å². The fraction of sp³-hybridized carbons (Fsp3) is 0.273. The molecule has 0 saturated heterocycles. The van der Waals surface area contributed by atoms with Crippen LogP contribution in [0.25, 0.3) is 44.4 Å². The van der Waals surface area contributed by atoms with Gasteiger partial charge in [-0.3, -0.25) is 0 Å². The highest BCUT2D eigenvalue weighted by Crippen LogP contribution is 2.47. The van der Waals surface area contributed by atoms with E-state index in [1.165, 1.54) is 27.5 Å². The van der Waals surface area contributed by atoms with Crippen LogP contribution in [0, 0.1) is 0 Å². The van der Waals surface area contributed by atoms with Gasteiger partial charge in [-0.1, -0.05) is 51.6 Å². The van der Waals surface area contributed by atoms with Gasteiger partial charge in [-0.15, -0.1) is 0 Å². The molecule has 6 rings (SSSR count). The lowest BCUT2D eigenvalue weighted by Gasteiger charge is -2.34. The van der Waals surface area contributed by atoms with E-state index in [9.17, 15) is 5.11 Å². The predicted molar refractivity (Wildman–Crippen MR) is 151 cm³/mol. The number of aliphatic hydroxyl groups is 1. The summed E-state index contributed by atoms with van der Waals surface area (Å²) in [5, 5.41) is 12.7. The van der Waals surface area contributed by atoms with Gasteiger partial charge in [0.25, 0.3) is 0 Å². The molecular formula is C33H33N2O3+. The highest BCUT2D eigenvalue weighted by molar-refractivity contribution is 5.95. The van der Waals surface area contributed by atoms with Crippen LogP contribution in [0.3, 0.4) is 0 Å². The molecule has 1 N–H and O–H groups in total. The Morgan fingerprint density at radius 3 is 2.61 bits per heavy atom. The number of hydrogen-bond acceptors (Lipinski definition) is 4. The lowest BCUT2D eigenvalue weighted by Crippen LogP contribution is -2.49. The lowest BCUT2D eigenvalue weighted by atomic mass is 9.74. The molecule has 192 valence electrons. The molecular weight excluding hydrogens is 472 g/mol. The molecule has 5 nitrogen and oxygen atoms in total. The van der Waals surface area contributed by atoms with Gasteiger partial charge in [0, 0.05) is 36.4 Å². The van der Waals surface area contributed by atoms with E-state index in [2.05, 4.69) is 80.6 Å². The van der Waals surface area contributed by atoms with E-state index in [0.29, 0.717) is 6.61 Å². The van der Waals surface area contributed by atoms with Gasteiger partial charge >= 0.3 is 0 Å². The highest BCUT2D eigenvalue weighted by atomic mass is 16.5. The summed E-state index contributed by atoms with van der Waals surface area (Å²) in [7, 11) is 1.74. The normalized spacial score (nSPS) is 17.0. The molecule has 0 spiro atoms. The molecule has 3 aromatic heterocycles. The lowest BCUT2D eigenvalue weighted by molar-refractivity contribution is -0.709. The maximum atomic E-state index is 10.3. The summed E-state index contributed by atoms with van der Waals surface area (Å²) in [5.74, 6) is -0.00248. The van der Waals surface area contributed by atoms with Gasteiger partial charge in [-0.05, 0) is 45.5 Å². The first-order chi connectivity index (χ1) is 18.3. The van der Waals surface area contributed by atoms with E-state index in [1.54, 1.807) is 13.4 Å². The van der Waals surface area contributed by atoms with Crippen molar-refractivity contribution in [2.45, 2.75) is 38.1 Å². The van der Waals surface area contributed by atoms with Crippen LogP contribution in [0.15, 0.2) is 89.7 Å². The van der Waals surface area contributed by atoms with Crippen LogP contribution in [-0.4, -0.2) is 30.4 Å². The number of benzene rings is 2. The van der Waals surface area contributed by atoms with Crippen LogP contribution in [0.1, 0.15) is 43.9 Å². The number of methoxy groups -OCH3 is 1. The average Bonchev–Trinajstić information content (AvgIpc) is 3.39. The molecule has 0 amide bonds. The molecule has 2 unspecified atom stereocenters. The third kappa shape index (κ3) is 3.85. The maximum absolute atomic E-state index is 10.3. The van der Waals surface area contributed by atoms with Crippen LogP contribution >= 0.6 is 0 Å². The van der Waals surface area contributed by atoms with Gasteiger partial charge in [0.05, 0.1) is 36.7 Å². The first-order valence-corrected chi connectivity index (χ1v) is 13.1. The molecule has 38 heavy (non-hydrogen) atoms. The molecule has 2 atom stereocenters. The topological polar surface area (TPSA) is 59.4 Å². The third-order valence-corrected chi connectivity index (χ3v) is 7.78.